The van der Waals surface area contributed by atoms with Crippen molar-refractivity contribution in [1.82, 2.24) is 4.72 Å². The Morgan fingerprint density at radius 1 is 1.04 bits per heavy atom. The molecule has 0 fully saturated rings. The van der Waals surface area contributed by atoms with Crippen molar-refractivity contribution in [2.24, 2.45) is 0 Å². The molecule has 2 aromatic rings. The summed E-state index contributed by atoms with van der Waals surface area (Å²) < 4.78 is 37.4. The van der Waals surface area contributed by atoms with Gasteiger partial charge >= 0.3 is 11.9 Å². The molecule has 0 aliphatic carbocycles. The Morgan fingerprint density at radius 2 is 1.71 bits per heavy atom. The second-order valence-electron chi connectivity index (χ2n) is 6.90. The normalized spacial score (nSPS) is 11.8. The minimum absolute atomic E-state index is 0.00236. The summed E-state index contributed by atoms with van der Waals surface area (Å²) in [5.74, 6) is -1.61. The fraction of sp³-hybridized carbons (Fsp3) is 0.263. The van der Waals surface area contributed by atoms with Gasteiger partial charge in [0.1, 0.15) is 11.3 Å². The Labute approximate surface area is 168 Å². The zero-order valence-corrected chi connectivity index (χ0v) is 17.3. The highest BCUT2D eigenvalue weighted by atomic mass is 35.5. The minimum Gasteiger partial charge on any atom is -0.465 e. The van der Waals surface area contributed by atoms with Crippen molar-refractivity contribution >= 4 is 33.6 Å². The van der Waals surface area contributed by atoms with Crippen LogP contribution in [0.4, 0.5) is 0 Å². The van der Waals surface area contributed by atoms with Gasteiger partial charge in [0.2, 0.25) is 10.0 Å². The molecule has 0 radical (unpaired) electrons. The third kappa shape index (κ3) is 5.54. The van der Waals surface area contributed by atoms with Crippen LogP contribution in [0.15, 0.2) is 47.4 Å². The third-order valence-electron chi connectivity index (χ3n) is 3.37. The Bertz CT molecular complexity index is 1010. The minimum atomic E-state index is -3.83. The van der Waals surface area contributed by atoms with E-state index in [-0.39, 0.29) is 26.8 Å². The van der Waals surface area contributed by atoms with Gasteiger partial charge in [0.25, 0.3) is 0 Å². The van der Waals surface area contributed by atoms with Gasteiger partial charge in [-0.2, -0.15) is 0 Å². The SMILES string of the molecule is COC(=O)c1cc(Cl)ccc1OC(=O)c1cccc(S(=O)(=O)NC(C)(C)C)c1. The number of hydrogen-bond donors (Lipinski definition) is 1. The predicted octanol–water partition coefficient (Wildman–Crippen LogP) is 3.42. The first-order chi connectivity index (χ1) is 12.9. The van der Waals surface area contributed by atoms with Crippen molar-refractivity contribution in [2.45, 2.75) is 31.2 Å². The number of rotatable bonds is 5. The number of nitrogens with one attached hydrogen (secondary N) is 1. The van der Waals surface area contributed by atoms with E-state index in [0.717, 1.165) is 0 Å². The summed E-state index contributed by atoms with van der Waals surface area (Å²) in [7, 11) is -2.64. The van der Waals surface area contributed by atoms with Gasteiger partial charge in [-0.3, -0.25) is 0 Å². The molecule has 0 saturated heterocycles. The van der Waals surface area contributed by atoms with Crippen LogP contribution in [0.1, 0.15) is 41.5 Å². The lowest BCUT2D eigenvalue weighted by atomic mass is 10.1. The van der Waals surface area contributed by atoms with Gasteiger partial charge in [-0.1, -0.05) is 17.7 Å². The summed E-state index contributed by atoms with van der Waals surface area (Å²) >= 11 is 5.87. The van der Waals surface area contributed by atoms with E-state index in [9.17, 15) is 18.0 Å². The van der Waals surface area contributed by atoms with Crippen LogP contribution in [-0.2, 0) is 14.8 Å². The smallest absolute Gasteiger partial charge is 0.343 e. The predicted molar refractivity (Wildman–Crippen MR) is 104 cm³/mol. The van der Waals surface area contributed by atoms with E-state index in [1.165, 1.54) is 49.6 Å². The van der Waals surface area contributed by atoms with E-state index in [2.05, 4.69) is 9.46 Å². The molecule has 0 bridgehead atoms. The maximum atomic E-state index is 12.5. The van der Waals surface area contributed by atoms with Gasteiger partial charge in [0, 0.05) is 10.6 Å². The van der Waals surface area contributed by atoms with Gasteiger partial charge in [0.15, 0.2) is 0 Å². The Morgan fingerprint density at radius 3 is 2.32 bits per heavy atom. The molecule has 9 heteroatoms. The molecule has 0 aliphatic heterocycles. The van der Waals surface area contributed by atoms with Crippen molar-refractivity contribution < 1.29 is 27.5 Å². The van der Waals surface area contributed by atoms with E-state index >= 15 is 0 Å². The maximum Gasteiger partial charge on any atom is 0.343 e. The number of methoxy groups -OCH3 is 1. The average Bonchev–Trinajstić information content (AvgIpc) is 2.60. The van der Waals surface area contributed by atoms with Crippen LogP contribution in [0.2, 0.25) is 5.02 Å². The third-order valence-corrected chi connectivity index (χ3v) is 5.36. The highest BCUT2D eigenvalue weighted by molar-refractivity contribution is 7.89. The molecule has 150 valence electrons. The summed E-state index contributed by atoms with van der Waals surface area (Å²) in [4.78, 5) is 24.3. The molecule has 0 amide bonds. The van der Waals surface area contributed by atoms with Crippen LogP contribution in [0, 0.1) is 0 Å². The van der Waals surface area contributed by atoms with Crippen molar-refractivity contribution in [3.05, 3.63) is 58.6 Å². The van der Waals surface area contributed by atoms with Crippen molar-refractivity contribution in [1.29, 1.82) is 0 Å². The standard InChI is InChI=1S/C19H20ClNO6S/c1-19(2,3)21-28(24,25)14-7-5-6-12(10-14)17(22)27-16-9-8-13(20)11-15(16)18(23)26-4/h5-11,21H,1-4H3. The van der Waals surface area contributed by atoms with Gasteiger partial charge < -0.3 is 9.47 Å². The Balaban J connectivity index is 2.34. The van der Waals surface area contributed by atoms with Gasteiger partial charge in [0.05, 0.1) is 17.6 Å². The van der Waals surface area contributed by atoms with E-state index in [1.807, 2.05) is 0 Å². The number of hydrogen-bond acceptors (Lipinski definition) is 6. The second-order valence-corrected chi connectivity index (χ2v) is 9.02. The molecule has 0 spiro atoms. The Hall–Kier alpha value is -2.42. The lowest BCUT2D eigenvalue weighted by molar-refractivity contribution is 0.0593. The lowest BCUT2D eigenvalue weighted by Crippen LogP contribution is -2.40. The summed E-state index contributed by atoms with van der Waals surface area (Å²) in [5, 5.41) is 0.265. The van der Waals surface area contributed by atoms with Crippen LogP contribution in [0.3, 0.4) is 0 Å². The van der Waals surface area contributed by atoms with Crippen molar-refractivity contribution in [3.8, 4) is 5.75 Å². The maximum absolute atomic E-state index is 12.5. The number of carbonyl (C=O) groups excluding carboxylic acids is 2. The van der Waals surface area contributed by atoms with Gasteiger partial charge in [-0.15, -0.1) is 0 Å². The molecule has 0 atom stereocenters. The largest absolute Gasteiger partial charge is 0.465 e. The number of esters is 2. The second kappa shape index (κ2) is 8.30. The molecule has 2 rings (SSSR count). The summed E-state index contributed by atoms with van der Waals surface area (Å²) in [6.07, 6.45) is 0. The number of benzene rings is 2. The van der Waals surface area contributed by atoms with Crippen molar-refractivity contribution in [3.63, 3.8) is 0 Å². The first-order valence-corrected chi connectivity index (χ1v) is 10.0. The highest BCUT2D eigenvalue weighted by Gasteiger charge is 2.24. The van der Waals surface area contributed by atoms with E-state index in [4.69, 9.17) is 16.3 Å². The van der Waals surface area contributed by atoms with Crippen LogP contribution in [-0.4, -0.2) is 33.0 Å². The Kier molecular flexibility index (Phi) is 6.48. The fourth-order valence-electron chi connectivity index (χ4n) is 2.27. The topological polar surface area (TPSA) is 98.8 Å². The number of ether oxygens (including phenoxy) is 2. The van der Waals surface area contributed by atoms with E-state index in [0.29, 0.717) is 0 Å². The zero-order valence-electron chi connectivity index (χ0n) is 15.8. The lowest BCUT2D eigenvalue weighted by Gasteiger charge is -2.20. The fourth-order valence-corrected chi connectivity index (χ4v) is 3.91. The molecule has 2 aromatic carbocycles. The van der Waals surface area contributed by atoms with Gasteiger partial charge in [-0.05, 0) is 57.2 Å². The van der Waals surface area contributed by atoms with Crippen LogP contribution < -0.4 is 9.46 Å². The molecule has 28 heavy (non-hydrogen) atoms. The zero-order chi connectivity index (χ0) is 21.1. The van der Waals surface area contributed by atoms with E-state index in [1.54, 1.807) is 20.8 Å². The first-order valence-electron chi connectivity index (χ1n) is 8.17. The molecule has 7 nitrogen and oxygen atoms in total. The summed E-state index contributed by atoms with van der Waals surface area (Å²) in [6, 6.07) is 9.52. The molecule has 0 saturated carbocycles. The summed E-state index contributed by atoms with van der Waals surface area (Å²) in [6.45, 7) is 5.12. The number of sulfonamides is 1. The monoisotopic (exact) mass is 425 g/mol. The molecule has 0 unspecified atom stereocenters. The molecular formula is C19H20ClNO6S. The number of carbonyl (C=O) groups is 2. The average molecular weight is 426 g/mol. The van der Waals surface area contributed by atoms with E-state index < -0.39 is 27.5 Å². The molecule has 1 N–H and O–H groups in total. The quantitative estimate of drug-likeness (QED) is 0.582. The molecule has 0 aromatic heterocycles. The molecular weight excluding hydrogens is 406 g/mol. The first kappa shape index (κ1) is 21.9. The van der Waals surface area contributed by atoms with Gasteiger partial charge in [-0.25, -0.2) is 22.7 Å². The van der Waals surface area contributed by atoms with Crippen LogP contribution in [0.25, 0.3) is 0 Å². The summed E-state index contributed by atoms with van der Waals surface area (Å²) in [5.41, 5.74) is -0.710. The van der Waals surface area contributed by atoms with Crippen molar-refractivity contribution in [2.75, 3.05) is 7.11 Å². The van der Waals surface area contributed by atoms with Crippen LogP contribution in [0.5, 0.6) is 5.75 Å². The molecule has 0 aliphatic rings. The number of halogens is 1. The highest BCUT2D eigenvalue weighted by Crippen LogP contribution is 2.25. The molecule has 0 heterocycles. The van der Waals surface area contributed by atoms with Crippen LogP contribution >= 0.6 is 11.6 Å².